The number of nitrogens with zero attached hydrogens (tertiary/aromatic N) is 2. The Hall–Kier alpha value is -4.22. The number of ether oxygens (including phenoxy) is 1. The Morgan fingerprint density at radius 3 is 2.57 bits per heavy atom. The quantitative estimate of drug-likeness (QED) is 0.294. The van der Waals surface area contributed by atoms with Gasteiger partial charge in [-0.05, 0) is 98.5 Å². The second-order valence-electron chi connectivity index (χ2n) is 13.0. The molecule has 0 radical (unpaired) electrons. The summed E-state index contributed by atoms with van der Waals surface area (Å²) in [6.45, 7) is 4.51. The lowest BCUT2D eigenvalue weighted by molar-refractivity contribution is -0.137. The van der Waals surface area contributed by atoms with Crippen LogP contribution in [0.2, 0.25) is 0 Å². The minimum atomic E-state index is -1.72. The summed E-state index contributed by atoms with van der Waals surface area (Å²) < 4.78 is 35.5. The number of fused-ring (bicyclic) bond motifs is 1. The maximum absolute atomic E-state index is 15.3. The normalized spacial score (nSPS) is 23.5. The van der Waals surface area contributed by atoms with E-state index >= 15 is 8.78 Å². The van der Waals surface area contributed by atoms with Gasteiger partial charge >= 0.3 is 0 Å². The van der Waals surface area contributed by atoms with Crippen molar-refractivity contribution >= 4 is 22.9 Å². The Morgan fingerprint density at radius 2 is 1.85 bits per heavy atom. The molecule has 2 heterocycles. The average Bonchev–Trinajstić information content (AvgIpc) is 3.50. The zero-order valence-electron chi connectivity index (χ0n) is 26.4. The van der Waals surface area contributed by atoms with Crippen molar-refractivity contribution in [2.75, 3.05) is 19.7 Å². The van der Waals surface area contributed by atoms with E-state index in [2.05, 4.69) is 23.5 Å². The molecular formula is C38H41F2N3O3. The summed E-state index contributed by atoms with van der Waals surface area (Å²) in [6, 6.07) is 11.2. The monoisotopic (exact) mass is 625 g/mol. The number of allylic oxidation sites excluding steroid dienone is 5. The number of carbonyl (C=O) groups is 2. The fraction of sp³-hybridized carbons (Fsp3) is 0.421. The molecule has 1 unspecified atom stereocenters. The predicted octanol–water partition coefficient (Wildman–Crippen LogP) is 7.39. The van der Waals surface area contributed by atoms with Crippen LogP contribution in [-0.4, -0.2) is 42.6 Å². The van der Waals surface area contributed by atoms with Crippen LogP contribution in [-0.2, 0) is 11.2 Å². The zero-order chi connectivity index (χ0) is 32.4. The van der Waals surface area contributed by atoms with Crippen molar-refractivity contribution in [1.29, 1.82) is 5.26 Å². The molecule has 46 heavy (non-hydrogen) atoms. The summed E-state index contributed by atoms with van der Waals surface area (Å²) in [4.78, 5) is 31.3. The number of ketones is 2. The molecule has 2 fully saturated rings. The minimum Gasteiger partial charge on any atom is -0.476 e. The number of aryl methyl sites for hydroxylation is 1. The molecule has 0 amide bonds. The van der Waals surface area contributed by atoms with E-state index in [1.807, 2.05) is 37.3 Å². The molecule has 6 rings (SSSR count). The van der Waals surface area contributed by atoms with Crippen molar-refractivity contribution in [2.45, 2.75) is 64.5 Å². The summed E-state index contributed by atoms with van der Waals surface area (Å²) in [6.07, 6.45) is 11.4. The van der Waals surface area contributed by atoms with Crippen LogP contribution in [0.15, 0.2) is 65.3 Å². The van der Waals surface area contributed by atoms with Gasteiger partial charge < -0.3 is 10.1 Å². The van der Waals surface area contributed by atoms with Gasteiger partial charge in [-0.2, -0.15) is 5.26 Å². The molecule has 1 atom stereocenters. The highest BCUT2D eigenvalue weighted by Crippen LogP contribution is 2.40. The number of Topliss-reactive ketones (excluding diaryl/α,β-unsaturated/α-hetero) is 2. The third-order valence-electron chi connectivity index (χ3n) is 10.1. The van der Waals surface area contributed by atoms with Gasteiger partial charge in [-0.3, -0.25) is 14.6 Å². The third-order valence-corrected chi connectivity index (χ3v) is 10.1. The van der Waals surface area contributed by atoms with Gasteiger partial charge in [0.25, 0.3) is 0 Å². The third kappa shape index (κ3) is 6.13. The Morgan fingerprint density at radius 1 is 1.11 bits per heavy atom. The van der Waals surface area contributed by atoms with Gasteiger partial charge in [0.1, 0.15) is 6.07 Å². The number of rotatable bonds is 9. The van der Waals surface area contributed by atoms with E-state index in [1.54, 1.807) is 19.2 Å². The van der Waals surface area contributed by atoms with Gasteiger partial charge in [0.05, 0.1) is 5.71 Å². The van der Waals surface area contributed by atoms with Crippen molar-refractivity contribution in [2.24, 2.45) is 22.7 Å². The number of halogens is 2. The van der Waals surface area contributed by atoms with E-state index < -0.39 is 11.5 Å². The summed E-state index contributed by atoms with van der Waals surface area (Å²) in [5, 5.41) is 11.9. The molecule has 0 spiro atoms. The summed E-state index contributed by atoms with van der Waals surface area (Å²) in [7, 11) is 0. The number of hydrogen-bond donors (Lipinski definition) is 1. The fourth-order valence-corrected chi connectivity index (χ4v) is 7.48. The van der Waals surface area contributed by atoms with Crippen molar-refractivity contribution in [1.82, 2.24) is 5.32 Å². The number of aliphatic imine (C=N–C) groups is 1. The number of benzene rings is 2. The Labute approximate surface area is 270 Å². The SMILES string of the molecule is Cc1cc(CC2=CC=CC3C(c4ccc(OCC#N)c(F)c4C)=CN=C23)ccc1C(=O)C1CCC(C(=O)C2(F)CCNCC2)CC1.[HH]. The van der Waals surface area contributed by atoms with Crippen molar-refractivity contribution in [3.8, 4) is 11.8 Å². The lowest BCUT2D eigenvalue weighted by Crippen LogP contribution is -2.47. The van der Waals surface area contributed by atoms with Crippen LogP contribution >= 0.6 is 0 Å². The summed E-state index contributed by atoms with van der Waals surface area (Å²) >= 11 is 0. The van der Waals surface area contributed by atoms with Crippen LogP contribution in [0.3, 0.4) is 0 Å². The summed E-state index contributed by atoms with van der Waals surface area (Å²) in [5.74, 6) is -1.12. The van der Waals surface area contributed by atoms with Crippen molar-refractivity contribution < 1.29 is 24.5 Å². The Balaban J connectivity index is 0.00000433. The highest BCUT2D eigenvalue weighted by molar-refractivity contribution is 6.13. The number of nitrogens with one attached hydrogen (secondary N) is 1. The Bertz CT molecular complexity index is 1720. The van der Waals surface area contributed by atoms with Crippen molar-refractivity contribution in [3.05, 3.63) is 94.0 Å². The fourth-order valence-electron chi connectivity index (χ4n) is 7.48. The Kier molecular flexibility index (Phi) is 9.15. The number of alkyl halides is 1. The lowest BCUT2D eigenvalue weighted by atomic mass is 9.72. The van der Waals surface area contributed by atoms with Crippen molar-refractivity contribution in [3.63, 3.8) is 0 Å². The molecule has 1 N–H and O–H groups in total. The molecule has 2 aliphatic carbocycles. The molecule has 6 nitrogen and oxygen atoms in total. The number of hydrogen-bond acceptors (Lipinski definition) is 6. The van der Waals surface area contributed by atoms with Gasteiger partial charge in [-0.25, -0.2) is 8.78 Å². The first kappa shape index (κ1) is 31.7. The van der Waals surface area contributed by atoms with Crippen LogP contribution < -0.4 is 10.1 Å². The number of nitriles is 1. The molecule has 1 saturated heterocycles. The zero-order valence-corrected chi connectivity index (χ0v) is 26.4. The molecule has 8 heteroatoms. The highest BCUT2D eigenvalue weighted by Gasteiger charge is 2.44. The van der Waals surface area contributed by atoms with E-state index in [4.69, 9.17) is 15.0 Å². The second-order valence-corrected chi connectivity index (χ2v) is 13.0. The maximum Gasteiger partial charge on any atom is 0.174 e. The first-order chi connectivity index (χ1) is 22.2. The predicted molar refractivity (Wildman–Crippen MR) is 176 cm³/mol. The average molecular weight is 626 g/mol. The molecule has 2 aromatic carbocycles. The first-order valence-electron chi connectivity index (χ1n) is 16.2. The van der Waals surface area contributed by atoms with E-state index in [0.29, 0.717) is 56.3 Å². The van der Waals surface area contributed by atoms with Crippen LogP contribution in [0.25, 0.3) is 5.57 Å². The number of carbonyl (C=O) groups excluding carboxylic acids is 2. The molecular weight excluding hydrogens is 584 g/mol. The molecule has 4 aliphatic rings. The van der Waals surface area contributed by atoms with Gasteiger partial charge in [-0.1, -0.05) is 42.5 Å². The smallest absolute Gasteiger partial charge is 0.174 e. The van der Waals surface area contributed by atoms with Crippen LogP contribution in [0.5, 0.6) is 5.75 Å². The van der Waals surface area contributed by atoms with Gasteiger partial charge in [-0.15, -0.1) is 0 Å². The van der Waals surface area contributed by atoms with E-state index in [0.717, 1.165) is 33.5 Å². The largest absolute Gasteiger partial charge is 0.476 e. The first-order valence-corrected chi connectivity index (χ1v) is 16.2. The molecule has 0 aromatic heterocycles. The van der Waals surface area contributed by atoms with Crippen LogP contribution in [0.1, 0.15) is 72.6 Å². The van der Waals surface area contributed by atoms with Gasteiger partial charge in [0.15, 0.2) is 35.4 Å². The molecule has 2 aromatic rings. The van der Waals surface area contributed by atoms with E-state index in [1.165, 1.54) is 0 Å². The van der Waals surface area contributed by atoms with Crippen LogP contribution in [0, 0.1) is 48.7 Å². The molecule has 0 bridgehead atoms. The van der Waals surface area contributed by atoms with Crippen LogP contribution in [0.4, 0.5) is 8.78 Å². The van der Waals surface area contributed by atoms with E-state index in [9.17, 15) is 9.59 Å². The lowest BCUT2D eigenvalue weighted by Gasteiger charge is -2.34. The minimum absolute atomic E-state index is 0. The van der Waals surface area contributed by atoms with Gasteiger partial charge in [0, 0.05) is 43.8 Å². The maximum atomic E-state index is 15.3. The number of piperidine rings is 1. The standard InChI is InChI=1S/C38H39F2N3O3.H2/c1-23-20-25(6-11-29(23)36(44)26-7-9-27(10-8-26)37(45)38(40)14-17-42-18-15-38)21-28-4-3-5-31-32(22-43-35(28)31)30-12-13-33(46-19-16-41)34(39)24(30)2;/h3-6,11-13,20,22,26-27,31,42H,7-10,14-15,17-19,21H2,1-2H3;1H. The molecule has 240 valence electrons. The summed E-state index contributed by atoms with van der Waals surface area (Å²) in [5.41, 5.74) is 5.06. The second kappa shape index (κ2) is 13.3. The highest BCUT2D eigenvalue weighted by atomic mass is 19.1. The van der Waals surface area contributed by atoms with E-state index in [-0.39, 0.29) is 55.9 Å². The molecule has 1 saturated carbocycles. The van der Waals surface area contributed by atoms with Gasteiger partial charge in [0.2, 0.25) is 0 Å². The molecule has 2 aliphatic heterocycles. The topological polar surface area (TPSA) is 91.5 Å².